The summed E-state index contributed by atoms with van der Waals surface area (Å²) in [6.07, 6.45) is 8.11. The molecule has 0 saturated heterocycles. The smallest absolute Gasteiger partial charge is 0.279 e. The van der Waals surface area contributed by atoms with E-state index in [1.807, 2.05) is 18.2 Å². The van der Waals surface area contributed by atoms with Crippen LogP contribution in [-0.4, -0.2) is 9.55 Å². The average Bonchev–Trinajstić information content (AvgIpc) is 3.39. The number of aromatic nitrogens is 2. The third-order valence-corrected chi connectivity index (χ3v) is 7.17. The topological polar surface area (TPSA) is 75.8 Å². The lowest BCUT2D eigenvalue weighted by molar-refractivity contribution is 0.149. The minimum absolute atomic E-state index is 0.142. The van der Waals surface area contributed by atoms with Crippen LogP contribution in [-0.2, 0) is 12.0 Å². The highest BCUT2D eigenvalue weighted by atomic mass is 35.5. The Labute approximate surface area is 180 Å². The molecule has 2 aliphatic rings. The van der Waals surface area contributed by atoms with Gasteiger partial charge in [-0.3, -0.25) is 9.36 Å². The number of hydrogen-bond donors (Lipinski definition) is 3. The van der Waals surface area contributed by atoms with Gasteiger partial charge in [-0.15, -0.1) is 0 Å². The summed E-state index contributed by atoms with van der Waals surface area (Å²) in [5.74, 6) is 0. The molecule has 0 aliphatic heterocycles. The van der Waals surface area contributed by atoms with Gasteiger partial charge in [0.1, 0.15) is 5.52 Å². The number of hydrogen-bond acceptors (Lipinski definition) is 3. The van der Waals surface area contributed by atoms with Gasteiger partial charge in [0.05, 0.1) is 5.02 Å². The Bertz CT molecular complexity index is 1240. The molecule has 1 spiro atoms. The van der Waals surface area contributed by atoms with Crippen molar-refractivity contribution in [1.29, 1.82) is 0 Å². The largest absolute Gasteiger partial charge is 0.365 e. The molecule has 6 heteroatoms. The van der Waals surface area contributed by atoms with Crippen LogP contribution in [0.1, 0.15) is 36.9 Å². The van der Waals surface area contributed by atoms with Crippen LogP contribution in [0.25, 0.3) is 16.6 Å². The van der Waals surface area contributed by atoms with Crippen molar-refractivity contribution in [2.24, 2.45) is 11.1 Å². The van der Waals surface area contributed by atoms with E-state index in [9.17, 15) is 4.79 Å². The summed E-state index contributed by atoms with van der Waals surface area (Å²) in [6, 6.07) is 9.98. The van der Waals surface area contributed by atoms with E-state index < -0.39 is 0 Å². The molecule has 0 atom stereocenters. The van der Waals surface area contributed by atoms with Gasteiger partial charge < -0.3 is 16.0 Å². The maximum absolute atomic E-state index is 13.2. The summed E-state index contributed by atoms with van der Waals surface area (Å²) < 4.78 is 1.61. The summed E-state index contributed by atoms with van der Waals surface area (Å²) >= 11 is 6.50. The van der Waals surface area contributed by atoms with Crippen LogP contribution in [0, 0.1) is 5.41 Å². The van der Waals surface area contributed by atoms with Gasteiger partial charge in [0, 0.05) is 40.6 Å². The lowest BCUT2D eigenvalue weighted by Gasteiger charge is -2.50. The van der Waals surface area contributed by atoms with Crippen molar-refractivity contribution in [2.45, 2.75) is 37.6 Å². The first-order valence-corrected chi connectivity index (χ1v) is 10.6. The van der Waals surface area contributed by atoms with Gasteiger partial charge in [-0.2, -0.15) is 0 Å². The fourth-order valence-electron chi connectivity index (χ4n) is 5.10. The number of rotatable bonds is 6. The molecular formula is C24H25ClN4O. The minimum Gasteiger partial charge on any atom is -0.365 e. The number of nitrogens with two attached hydrogens (primary N) is 1. The van der Waals surface area contributed by atoms with Crippen LogP contribution in [0.2, 0.25) is 5.02 Å². The Kier molecular flexibility index (Phi) is 4.24. The first kappa shape index (κ1) is 19.2. The van der Waals surface area contributed by atoms with Crippen molar-refractivity contribution in [3.05, 3.63) is 88.2 Å². The number of allylic oxidation sites excluding steroid dienone is 1. The zero-order valence-electron chi connectivity index (χ0n) is 16.8. The van der Waals surface area contributed by atoms with Gasteiger partial charge in [0.2, 0.25) is 0 Å². The second kappa shape index (κ2) is 6.62. The molecule has 2 aliphatic carbocycles. The molecule has 0 bridgehead atoms. The molecular weight excluding hydrogens is 396 g/mol. The summed E-state index contributed by atoms with van der Waals surface area (Å²) in [7, 11) is 0. The van der Waals surface area contributed by atoms with E-state index in [2.05, 4.69) is 35.6 Å². The van der Waals surface area contributed by atoms with Crippen LogP contribution in [0.15, 0.2) is 66.4 Å². The van der Waals surface area contributed by atoms with E-state index in [1.165, 1.54) is 12.8 Å². The van der Waals surface area contributed by atoms with Gasteiger partial charge in [-0.1, -0.05) is 36.9 Å². The summed E-state index contributed by atoms with van der Waals surface area (Å²) in [4.78, 5) is 16.3. The van der Waals surface area contributed by atoms with E-state index in [1.54, 1.807) is 17.0 Å². The van der Waals surface area contributed by atoms with Crippen LogP contribution in [0.3, 0.4) is 0 Å². The summed E-state index contributed by atoms with van der Waals surface area (Å²) in [5, 5.41) is 4.44. The highest BCUT2D eigenvalue weighted by Gasteiger charge is 2.62. The van der Waals surface area contributed by atoms with Crippen molar-refractivity contribution in [3.63, 3.8) is 0 Å². The summed E-state index contributed by atoms with van der Waals surface area (Å²) in [5.41, 5.74) is 10.1. The molecule has 4 N–H and O–H groups in total. The van der Waals surface area contributed by atoms with Gasteiger partial charge >= 0.3 is 0 Å². The normalized spacial score (nSPS) is 18.2. The Balaban J connectivity index is 1.61. The molecule has 2 aromatic heterocycles. The van der Waals surface area contributed by atoms with Crippen LogP contribution in [0.5, 0.6) is 0 Å². The maximum Gasteiger partial charge on any atom is 0.279 e. The lowest BCUT2D eigenvalue weighted by Crippen LogP contribution is -2.46. The third kappa shape index (κ3) is 2.76. The predicted octanol–water partition coefficient (Wildman–Crippen LogP) is 4.49. The average molecular weight is 421 g/mol. The number of halogens is 1. The second-order valence-electron chi connectivity index (χ2n) is 8.75. The van der Waals surface area contributed by atoms with E-state index in [0.717, 1.165) is 35.5 Å². The third-order valence-electron chi connectivity index (χ3n) is 6.87. The van der Waals surface area contributed by atoms with Crippen LogP contribution >= 0.6 is 11.6 Å². The Hall–Kier alpha value is -2.76. The number of pyridine rings is 1. The summed E-state index contributed by atoms with van der Waals surface area (Å²) in [6.45, 7) is 8.43. The highest BCUT2D eigenvalue weighted by Crippen LogP contribution is 2.70. The number of fused-ring (bicyclic) bond motifs is 1. The standard InChI is InChI=1S/C24H25ClN4O/c1-3-27-15(2)24(13-23(14-24)7-8-23)16-5-4-6-18(9-16)29-12-20(25)19-10-17(11-26)28-21(19)22(29)30/h3-6,9-10,12,27-28H,1-2,7-8,11,13-14,26H2. The van der Waals surface area contributed by atoms with E-state index in [-0.39, 0.29) is 11.0 Å². The van der Waals surface area contributed by atoms with Gasteiger partial charge in [0.25, 0.3) is 5.56 Å². The maximum atomic E-state index is 13.2. The number of nitrogens with zero attached hydrogens (tertiary/aromatic N) is 1. The molecule has 154 valence electrons. The number of benzene rings is 1. The van der Waals surface area contributed by atoms with E-state index in [0.29, 0.717) is 27.9 Å². The predicted molar refractivity (Wildman–Crippen MR) is 122 cm³/mol. The molecule has 3 aromatic rings. The molecule has 2 heterocycles. The fraction of sp³-hybridized carbons (Fsp3) is 0.292. The molecule has 0 radical (unpaired) electrons. The SMILES string of the molecule is C=CNC(=C)C1(c2cccc(-n3cc(Cl)c4cc(CN)[nH]c4c3=O)c2)CC2(CC2)C1. The highest BCUT2D eigenvalue weighted by molar-refractivity contribution is 6.35. The van der Waals surface area contributed by atoms with Crippen molar-refractivity contribution in [3.8, 4) is 5.69 Å². The Morgan fingerprint density at radius 3 is 2.77 bits per heavy atom. The zero-order valence-corrected chi connectivity index (χ0v) is 17.6. The zero-order chi connectivity index (χ0) is 21.1. The quantitative estimate of drug-likeness (QED) is 0.550. The lowest BCUT2D eigenvalue weighted by atomic mass is 9.55. The van der Waals surface area contributed by atoms with Gasteiger partial charge in [0.15, 0.2) is 0 Å². The van der Waals surface area contributed by atoms with Crippen molar-refractivity contribution < 1.29 is 0 Å². The molecule has 2 fully saturated rings. The minimum atomic E-state index is -0.143. The monoisotopic (exact) mass is 420 g/mol. The Morgan fingerprint density at radius 2 is 2.10 bits per heavy atom. The van der Waals surface area contributed by atoms with Crippen molar-refractivity contribution in [2.75, 3.05) is 0 Å². The van der Waals surface area contributed by atoms with Crippen molar-refractivity contribution >= 4 is 22.5 Å². The molecule has 1 aromatic carbocycles. The molecule has 30 heavy (non-hydrogen) atoms. The first-order chi connectivity index (χ1) is 14.4. The number of aromatic amines is 1. The van der Waals surface area contributed by atoms with Crippen LogP contribution < -0.4 is 16.6 Å². The molecule has 0 amide bonds. The van der Waals surface area contributed by atoms with Crippen molar-refractivity contribution in [1.82, 2.24) is 14.9 Å². The van der Waals surface area contributed by atoms with Gasteiger partial charge in [-0.25, -0.2) is 0 Å². The molecule has 5 nitrogen and oxygen atoms in total. The fourth-order valence-corrected chi connectivity index (χ4v) is 5.34. The number of H-pyrrole nitrogens is 1. The molecule has 0 unspecified atom stereocenters. The van der Waals surface area contributed by atoms with Crippen LogP contribution in [0.4, 0.5) is 0 Å². The Morgan fingerprint density at radius 1 is 1.33 bits per heavy atom. The van der Waals surface area contributed by atoms with Gasteiger partial charge in [-0.05, 0) is 61.1 Å². The van der Waals surface area contributed by atoms with E-state index in [4.69, 9.17) is 17.3 Å². The van der Waals surface area contributed by atoms with E-state index >= 15 is 0 Å². The first-order valence-electron chi connectivity index (χ1n) is 10.2. The molecule has 5 rings (SSSR count). The second-order valence-corrected chi connectivity index (χ2v) is 9.16. The molecule has 2 saturated carbocycles. The number of nitrogens with one attached hydrogen (secondary N) is 2.